The highest BCUT2D eigenvalue weighted by Crippen LogP contribution is 2.33. The van der Waals surface area contributed by atoms with E-state index in [0.717, 1.165) is 30.8 Å². The maximum absolute atomic E-state index is 13.0. The average molecular weight is 407 g/mol. The van der Waals surface area contributed by atoms with Crippen LogP contribution in [0.4, 0.5) is 18.9 Å². The Balaban J connectivity index is 1.99. The molecule has 0 saturated carbocycles. The number of hydrogen-bond acceptors (Lipinski definition) is 6. The van der Waals surface area contributed by atoms with Crippen molar-refractivity contribution in [1.82, 2.24) is 9.59 Å². The summed E-state index contributed by atoms with van der Waals surface area (Å²) in [5.41, 5.74) is -0.0163. The molecule has 0 aliphatic heterocycles. The molecule has 144 valence electrons. The molecule has 0 fully saturated rings. The van der Waals surface area contributed by atoms with Crippen molar-refractivity contribution in [2.45, 2.75) is 6.18 Å². The number of halogens is 3. The molecular weight excluding hydrogens is 395 g/mol. The summed E-state index contributed by atoms with van der Waals surface area (Å²) < 4.78 is 47.2. The molecule has 0 unspecified atom stereocenters. The number of carbonyl (C=O) groups is 2. The van der Waals surface area contributed by atoms with Gasteiger partial charge in [0.2, 0.25) is 0 Å². The number of alkyl halides is 3. The third-order valence-electron chi connectivity index (χ3n) is 3.78. The van der Waals surface area contributed by atoms with E-state index >= 15 is 0 Å². The molecule has 0 spiro atoms. The second-order valence-electron chi connectivity index (χ2n) is 5.57. The van der Waals surface area contributed by atoms with Gasteiger partial charge in [-0.1, -0.05) is 22.7 Å². The van der Waals surface area contributed by atoms with Crippen molar-refractivity contribution in [2.24, 2.45) is 0 Å². The van der Waals surface area contributed by atoms with Crippen molar-refractivity contribution in [3.63, 3.8) is 0 Å². The number of nitrogens with zero attached hydrogens (tertiary/aromatic N) is 2. The van der Waals surface area contributed by atoms with Gasteiger partial charge in [-0.25, -0.2) is 4.79 Å². The number of hydrogen-bond donors (Lipinski definition) is 1. The van der Waals surface area contributed by atoms with Gasteiger partial charge in [-0.05, 0) is 46.9 Å². The Labute approximate surface area is 161 Å². The summed E-state index contributed by atoms with van der Waals surface area (Å²) in [6.45, 7) is 0. The minimum Gasteiger partial charge on any atom is -0.465 e. The van der Waals surface area contributed by atoms with Crippen molar-refractivity contribution in [2.75, 3.05) is 12.4 Å². The van der Waals surface area contributed by atoms with E-state index in [4.69, 9.17) is 4.74 Å². The number of amides is 1. The van der Waals surface area contributed by atoms with Crippen LogP contribution in [0, 0.1) is 0 Å². The van der Waals surface area contributed by atoms with Crippen LogP contribution >= 0.6 is 11.5 Å². The van der Waals surface area contributed by atoms with Gasteiger partial charge in [0.05, 0.1) is 30.1 Å². The minimum atomic E-state index is -4.49. The number of benzene rings is 2. The van der Waals surface area contributed by atoms with Gasteiger partial charge in [0.25, 0.3) is 5.91 Å². The lowest BCUT2D eigenvalue weighted by Gasteiger charge is -2.13. The zero-order chi connectivity index (χ0) is 20.3. The van der Waals surface area contributed by atoms with Crippen molar-refractivity contribution < 1.29 is 27.5 Å². The van der Waals surface area contributed by atoms with Crippen LogP contribution in [-0.2, 0) is 10.9 Å². The molecule has 0 aliphatic rings. The Hall–Kier alpha value is -3.27. The molecule has 2 aromatic carbocycles. The molecular formula is C18H12F3N3O3S. The number of esters is 1. The number of rotatable bonds is 4. The molecule has 0 saturated heterocycles. The van der Waals surface area contributed by atoms with Gasteiger partial charge >= 0.3 is 12.1 Å². The summed E-state index contributed by atoms with van der Waals surface area (Å²) in [6.07, 6.45) is -3.22. The van der Waals surface area contributed by atoms with Crippen LogP contribution in [0.2, 0.25) is 0 Å². The highest BCUT2D eigenvalue weighted by molar-refractivity contribution is 7.07. The topological polar surface area (TPSA) is 81.2 Å². The van der Waals surface area contributed by atoms with E-state index in [9.17, 15) is 22.8 Å². The molecule has 0 bridgehead atoms. The van der Waals surface area contributed by atoms with E-state index in [1.165, 1.54) is 36.5 Å². The Kier molecular flexibility index (Phi) is 5.41. The standard InChI is InChI=1S/C18H12F3N3O3S/c1-27-17(26)13-8-11(10-3-2-4-12(7-10)18(19,20)21)5-6-14(13)23-16(25)15-9-22-24-28-15/h2-9H,1H3,(H,23,25). The fourth-order valence-corrected chi connectivity index (χ4v) is 2.85. The molecule has 0 radical (unpaired) electrons. The highest BCUT2D eigenvalue weighted by Gasteiger charge is 2.30. The summed E-state index contributed by atoms with van der Waals surface area (Å²) in [5.74, 6) is -1.27. The van der Waals surface area contributed by atoms with Crippen LogP contribution in [0.15, 0.2) is 48.7 Å². The van der Waals surface area contributed by atoms with Crippen molar-refractivity contribution in [3.05, 3.63) is 64.7 Å². The maximum atomic E-state index is 13.0. The minimum absolute atomic E-state index is 0.00300. The van der Waals surface area contributed by atoms with Gasteiger partial charge in [-0.3, -0.25) is 4.79 Å². The summed E-state index contributed by atoms with van der Waals surface area (Å²) in [5, 5.41) is 6.12. The van der Waals surface area contributed by atoms with Crippen LogP contribution in [-0.4, -0.2) is 28.6 Å². The lowest BCUT2D eigenvalue weighted by Crippen LogP contribution is -2.14. The van der Waals surface area contributed by atoms with Crippen LogP contribution in [0.5, 0.6) is 0 Å². The molecule has 1 amide bonds. The van der Waals surface area contributed by atoms with E-state index in [1.807, 2.05) is 0 Å². The summed E-state index contributed by atoms with van der Waals surface area (Å²) >= 11 is 0.878. The molecule has 6 nitrogen and oxygen atoms in total. The second kappa shape index (κ2) is 7.77. The summed E-state index contributed by atoms with van der Waals surface area (Å²) in [7, 11) is 1.16. The Morgan fingerprint density at radius 1 is 1.11 bits per heavy atom. The van der Waals surface area contributed by atoms with Gasteiger partial charge in [-0.15, -0.1) is 5.10 Å². The molecule has 10 heteroatoms. The van der Waals surface area contributed by atoms with E-state index < -0.39 is 23.6 Å². The van der Waals surface area contributed by atoms with Crippen molar-refractivity contribution in [3.8, 4) is 11.1 Å². The SMILES string of the molecule is COC(=O)c1cc(-c2cccc(C(F)(F)F)c2)ccc1NC(=O)c1cnns1. The molecule has 0 atom stereocenters. The first-order valence-corrected chi connectivity index (χ1v) is 8.55. The Bertz CT molecular complexity index is 1020. The lowest BCUT2D eigenvalue weighted by molar-refractivity contribution is -0.137. The Morgan fingerprint density at radius 2 is 1.86 bits per heavy atom. The quantitative estimate of drug-likeness (QED) is 0.654. The van der Waals surface area contributed by atoms with Gasteiger partial charge in [0.15, 0.2) is 0 Å². The predicted molar refractivity (Wildman–Crippen MR) is 96.1 cm³/mol. The number of nitrogens with one attached hydrogen (secondary N) is 1. The van der Waals surface area contributed by atoms with Crippen LogP contribution < -0.4 is 5.32 Å². The predicted octanol–water partition coefficient (Wildman–Crippen LogP) is 4.26. The number of aromatic nitrogens is 2. The van der Waals surface area contributed by atoms with Gasteiger partial charge in [0, 0.05) is 0 Å². The first kappa shape index (κ1) is 19.5. The third kappa shape index (κ3) is 4.17. The largest absolute Gasteiger partial charge is 0.465 e. The smallest absolute Gasteiger partial charge is 0.416 e. The van der Waals surface area contributed by atoms with E-state index in [-0.39, 0.29) is 21.7 Å². The summed E-state index contributed by atoms with van der Waals surface area (Å²) in [4.78, 5) is 24.6. The third-order valence-corrected chi connectivity index (χ3v) is 4.44. The number of anilines is 1. The molecule has 1 aromatic heterocycles. The van der Waals surface area contributed by atoms with Crippen LogP contribution in [0.25, 0.3) is 11.1 Å². The number of methoxy groups -OCH3 is 1. The number of ether oxygens (including phenoxy) is 1. The summed E-state index contributed by atoms with van der Waals surface area (Å²) in [6, 6.07) is 9.01. The first-order chi connectivity index (χ1) is 13.3. The lowest BCUT2D eigenvalue weighted by atomic mass is 9.99. The van der Waals surface area contributed by atoms with Crippen LogP contribution in [0.3, 0.4) is 0 Å². The van der Waals surface area contributed by atoms with Crippen LogP contribution in [0.1, 0.15) is 25.6 Å². The molecule has 1 heterocycles. The van der Waals surface area contributed by atoms with Crippen molar-refractivity contribution in [1.29, 1.82) is 0 Å². The van der Waals surface area contributed by atoms with E-state index in [0.29, 0.717) is 5.56 Å². The fraction of sp³-hybridized carbons (Fsp3) is 0.111. The maximum Gasteiger partial charge on any atom is 0.416 e. The second-order valence-corrected chi connectivity index (χ2v) is 6.35. The van der Waals surface area contributed by atoms with Gasteiger partial charge in [-0.2, -0.15) is 13.2 Å². The molecule has 3 rings (SSSR count). The monoisotopic (exact) mass is 407 g/mol. The fourth-order valence-electron chi connectivity index (χ4n) is 2.44. The van der Waals surface area contributed by atoms with Crippen molar-refractivity contribution >= 4 is 29.1 Å². The van der Waals surface area contributed by atoms with Gasteiger partial charge < -0.3 is 10.1 Å². The zero-order valence-corrected chi connectivity index (χ0v) is 15.1. The molecule has 0 aliphatic carbocycles. The Morgan fingerprint density at radius 3 is 2.50 bits per heavy atom. The average Bonchev–Trinajstić information content (AvgIpc) is 3.22. The molecule has 1 N–H and O–H groups in total. The molecule has 28 heavy (non-hydrogen) atoms. The zero-order valence-electron chi connectivity index (χ0n) is 14.3. The van der Waals surface area contributed by atoms with Gasteiger partial charge in [0.1, 0.15) is 4.88 Å². The van der Waals surface area contributed by atoms with E-state index in [2.05, 4.69) is 14.9 Å². The first-order valence-electron chi connectivity index (χ1n) is 7.78. The normalized spacial score (nSPS) is 11.1. The molecule has 3 aromatic rings. The van der Waals surface area contributed by atoms with E-state index in [1.54, 1.807) is 0 Å². The number of carbonyl (C=O) groups excluding carboxylic acids is 2. The highest BCUT2D eigenvalue weighted by atomic mass is 32.1.